The number of amides is 2. The number of nitriles is 1. The molecule has 0 aromatic heterocycles. The van der Waals surface area contributed by atoms with Crippen molar-refractivity contribution in [3.05, 3.63) is 0 Å². The van der Waals surface area contributed by atoms with Crippen molar-refractivity contribution in [2.75, 3.05) is 0 Å². The van der Waals surface area contributed by atoms with Gasteiger partial charge in [-0.1, -0.05) is 6.92 Å². The lowest BCUT2D eigenvalue weighted by Crippen LogP contribution is -2.55. The SMILES string of the molecule is CCC(C#N)N1C(=O)C2CCC(O2)C1=O. The molecule has 0 aromatic rings. The number of carbonyl (C=O) groups is 2. The van der Waals surface area contributed by atoms with Crippen LogP contribution in [0.25, 0.3) is 0 Å². The molecule has 3 unspecified atom stereocenters. The number of fused-ring (bicyclic) bond motifs is 2. The molecule has 2 heterocycles. The summed E-state index contributed by atoms with van der Waals surface area (Å²) in [6, 6.07) is 1.34. The molecule has 0 N–H and O–H groups in total. The third-order valence-electron chi connectivity index (χ3n) is 2.89. The van der Waals surface area contributed by atoms with Gasteiger partial charge in [0.05, 0.1) is 6.07 Å². The van der Waals surface area contributed by atoms with Crippen molar-refractivity contribution >= 4 is 11.8 Å². The van der Waals surface area contributed by atoms with E-state index >= 15 is 0 Å². The molecule has 2 rings (SSSR count). The van der Waals surface area contributed by atoms with Crippen molar-refractivity contribution in [3.63, 3.8) is 0 Å². The Hall–Kier alpha value is -1.41. The van der Waals surface area contributed by atoms with Crippen LogP contribution in [0.3, 0.4) is 0 Å². The molecule has 0 aromatic carbocycles. The Morgan fingerprint density at radius 3 is 2.40 bits per heavy atom. The number of imide groups is 1. The van der Waals surface area contributed by atoms with Crippen LogP contribution in [0.5, 0.6) is 0 Å². The molecule has 0 radical (unpaired) electrons. The fourth-order valence-electron chi connectivity index (χ4n) is 2.06. The zero-order chi connectivity index (χ0) is 11.0. The van der Waals surface area contributed by atoms with Crippen molar-refractivity contribution in [2.45, 2.75) is 44.4 Å². The van der Waals surface area contributed by atoms with Gasteiger partial charge in [0, 0.05) is 0 Å². The van der Waals surface area contributed by atoms with Crippen LogP contribution in [0.1, 0.15) is 26.2 Å². The minimum atomic E-state index is -0.642. The lowest BCUT2D eigenvalue weighted by atomic mass is 10.1. The minimum absolute atomic E-state index is 0.345. The fraction of sp³-hybridized carbons (Fsp3) is 0.700. The summed E-state index contributed by atoms with van der Waals surface area (Å²) >= 11 is 0. The maximum atomic E-state index is 11.8. The van der Waals surface area contributed by atoms with Gasteiger partial charge in [-0.3, -0.25) is 14.5 Å². The zero-order valence-electron chi connectivity index (χ0n) is 8.47. The number of hydrogen-bond acceptors (Lipinski definition) is 4. The number of nitrogens with zero attached hydrogens (tertiary/aromatic N) is 2. The van der Waals surface area contributed by atoms with E-state index < -0.39 is 18.2 Å². The van der Waals surface area contributed by atoms with Crippen LogP contribution in [-0.2, 0) is 14.3 Å². The van der Waals surface area contributed by atoms with Crippen molar-refractivity contribution in [2.24, 2.45) is 0 Å². The highest BCUT2D eigenvalue weighted by Crippen LogP contribution is 2.29. The third-order valence-corrected chi connectivity index (χ3v) is 2.89. The van der Waals surface area contributed by atoms with Gasteiger partial charge in [-0.05, 0) is 19.3 Å². The number of ether oxygens (including phenoxy) is 1. The average molecular weight is 208 g/mol. The van der Waals surface area contributed by atoms with E-state index in [0.717, 1.165) is 4.90 Å². The predicted octanol–water partition coefficient (Wildman–Crippen LogP) is 0.205. The summed E-state index contributed by atoms with van der Waals surface area (Å²) in [7, 11) is 0. The molecular formula is C10H12N2O3. The van der Waals surface area contributed by atoms with Gasteiger partial charge in [-0.2, -0.15) is 5.26 Å². The standard InChI is InChI=1S/C10H12N2O3/c1-2-6(5-11)12-9(13)7-3-4-8(15-7)10(12)14/h6-8H,2-4H2,1H3. The smallest absolute Gasteiger partial charge is 0.259 e. The maximum Gasteiger partial charge on any atom is 0.259 e. The van der Waals surface area contributed by atoms with Gasteiger partial charge >= 0.3 is 0 Å². The summed E-state index contributed by atoms with van der Waals surface area (Å²) in [6.07, 6.45) is 0.638. The van der Waals surface area contributed by atoms with Crippen molar-refractivity contribution < 1.29 is 14.3 Å². The van der Waals surface area contributed by atoms with Gasteiger partial charge < -0.3 is 4.74 Å². The summed E-state index contributed by atoms with van der Waals surface area (Å²) in [5, 5.41) is 8.87. The Morgan fingerprint density at radius 1 is 1.47 bits per heavy atom. The van der Waals surface area contributed by atoms with Crippen molar-refractivity contribution in [1.29, 1.82) is 5.26 Å². The molecule has 3 atom stereocenters. The molecule has 2 aliphatic rings. The van der Waals surface area contributed by atoms with E-state index in [1.54, 1.807) is 6.92 Å². The molecule has 5 heteroatoms. The summed E-state index contributed by atoms with van der Waals surface area (Å²) in [6.45, 7) is 1.78. The Kier molecular flexibility index (Phi) is 2.45. The van der Waals surface area contributed by atoms with E-state index in [-0.39, 0.29) is 11.8 Å². The molecule has 80 valence electrons. The summed E-state index contributed by atoms with van der Waals surface area (Å²) < 4.78 is 5.24. The highest BCUT2D eigenvalue weighted by molar-refractivity contribution is 6.03. The second kappa shape index (κ2) is 3.63. The predicted molar refractivity (Wildman–Crippen MR) is 49.4 cm³/mol. The highest BCUT2D eigenvalue weighted by Gasteiger charge is 2.48. The van der Waals surface area contributed by atoms with Crippen LogP contribution in [0, 0.1) is 11.3 Å². The molecule has 15 heavy (non-hydrogen) atoms. The Balaban J connectivity index is 2.27. The molecule has 0 spiro atoms. The van der Waals surface area contributed by atoms with E-state index in [1.807, 2.05) is 6.07 Å². The number of likely N-dealkylation sites (tertiary alicyclic amines) is 1. The summed E-state index contributed by atoms with van der Waals surface area (Å²) in [5.74, 6) is -0.690. The van der Waals surface area contributed by atoms with E-state index in [4.69, 9.17) is 10.00 Å². The lowest BCUT2D eigenvalue weighted by Gasteiger charge is -2.32. The van der Waals surface area contributed by atoms with Crippen molar-refractivity contribution in [3.8, 4) is 6.07 Å². The molecule has 5 nitrogen and oxygen atoms in total. The van der Waals surface area contributed by atoms with Gasteiger partial charge in [-0.15, -0.1) is 0 Å². The topological polar surface area (TPSA) is 70.4 Å². The number of hydrogen-bond donors (Lipinski definition) is 0. The lowest BCUT2D eigenvalue weighted by molar-refractivity contribution is -0.170. The van der Waals surface area contributed by atoms with E-state index in [2.05, 4.69) is 0 Å². The molecule has 2 aliphatic heterocycles. The number of carbonyl (C=O) groups excluding carboxylic acids is 2. The first kappa shape index (κ1) is 10.1. The van der Waals surface area contributed by atoms with E-state index in [9.17, 15) is 9.59 Å². The second-order valence-electron chi connectivity index (χ2n) is 3.79. The maximum absolute atomic E-state index is 11.8. The van der Waals surface area contributed by atoms with Crippen LogP contribution in [0.2, 0.25) is 0 Å². The van der Waals surface area contributed by atoms with Gasteiger partial charge in [0.2, 0.25) is 0 Å². The molecule has 2 saturated heterocycles. The molecule has 2 amide bonds. The van der Waals surface area contributed by atoms with Crippen molar-refractivity contribution in [1.82, 2.24) is 4.90 Å². The first-order valence-corrected chi connectivity index (χ1v) is 5.11. The fourth-order valence-corrected chi connectivity index (χ4v) is 2.06. The molecule has 2 fully saturated rings. The van der Waals surface area contributed by atoms with Gasteiger partial charge in [-0.25, -0.2) is 0 Å². The van der Waals surface area contributed by atoms with Crippen LogP contribution in [0.4, 0.5) is 0 Å². The van der Waals surface area contributed by atoms with Crippen LogP contribution in [0.15, 0.2) is 0 Å². The normalized spacial score (nSPS) is 31.6. The molecule has 0 saturated carbocycles. The average Bonchev–Trinajstić information content (AvgIpc) is 2.68. The summed E-state index contributed by atoms with van der Waals surface area (Å²) in [5.41, 5.74) is 0. The van der Waals surface area contributed by atoms with Gasteiger partial charge in [0.1, 0.15) is 18.2 Å². The van der Waals surface area contributed by atoms with Crippen LogP contribution < -0.4 is 0 Å². The molecular weight excluding hydrogens is 196 g/mol. The quantitative estimate of drug-likeness (QED) is 0.608. The van der Waals surface area contributed by atoms with E-state index in [1.165, 1.54) is 0 Å². The Bertz CT molecular complexity index is 325. The van der Waals surface area contributed by atoms with Gasteiger partial charge in [0.15, 0.2) is 0 Å². The first-order valence-electron chi connectivity index (χ1n) is 5.11. The second-order valence-corrected chi connectivity index (χ2v) is 3.79. The largest absolute Gasteiger partial charge is 0.355 e. The molecule has 0 aliphatic carbocycles. The minimum Gasteiger partial charge on any atom is -0.355 e. The van der Waals surface area contributed by atoms with Crippen LogP contribution >= 0.6 is 0 Å². The first-order chi connectivity index (χ1) is 7.19. The number of rotatable bonds is 2. The Morgan fingerprint density at radius 2 is 2.00 bits per heavy atom. The van der Waals surface area contributed by atoms with Crippen LogP contribution in [-0.4, -0.2) is 35.0 Å². The summed E-state index contributed by atoms with van der Waals surface area (Å²) in [4.78, 5) is 24.7. The van der Waals surface area contributed by atoms with E-state index in [0.29, 0.717) is 19.3 Å². The third kappa shape index (κ3) is 1.41. The monoisotopic (exact) mass is 208 g/mol. The highest BCUT2D eigenvalue weighted by atomic mass is 16.5. The Labute approximate surface area is 87.6 Å². The zero-order valence-corrected chi connectivity index (χ0v) is 8.47. The number of morpholine rings is 1. The molecule has 2 bridgehead atoms. The van der Waals surface area contributed by atoms with Gasteiger partial charge in [0.25, 0.3) is 11.8 Å².